The number of methoxy groups -OCH3 is 1. The van der Waals surface area contributed by atoms with Crippen molar-refractivity contribution >= 4 is 6.08 Å². The van der Waals surface area contributed by atoms with Crippen molar-refractivity contribution in [2.45, 2.75) is 56.7 Å². The minimum absolute atomic E-state index is 0.0783. The van der Waals surface area contributed by atoms with Crippen molar-refractivity contribution in [1.29, 1.82) is 0 Å². The van der Waals surface area contributed by atoms with Gasteiger partial charge in [0.2, 0.25) is 0 Å². The van der Waals surface area contributed by atoms with E-state index in [1.54, 1.807) is 0 Å². The molecular weight excluding hydrogens is 372 g/mol. The maximum absolute atomic E-state index is 11.9. The second-order valence-electron chi connectivity index (χ2n) is 9.82. The first kappa shape index (κ1) is 19.8. The number of hydrogen-bond acceptors (Lipinski definition) is 3. The zero-order valence-corrected chi connectivity index (χ0v) is 17.9. The zero-order chi connectivity index (χ0) is 20.9. The highest BCUT2D eigenvalue weighted by atomic mass is 16.5. The molecule has 2 N–H and O–H groups in total. The molecule has 5 rings (SSSR count). The van der Waals surface area contributed by atoms with E-state index in [1.165, 1.54) is 11.1 Å². The number of aromatic hydroxyl groups is 1. The van der Waals surface area contributed by atoms with E-state index in [-0.39, 0.29) is 11.5 Å². The van der Waals surface area contributed by atoms with Crippen LogP contribution in [0.1, 0.15) is 55.2 Å². The van der Waals surface area contributed by atoms with Gasteiger partial charge in [-0.25, -0.2) is 0 Å². The number of fused-ring (bicyclic) bond motifs is 5. The summed E-state index contributed by atoms with van der Waals surface area (Å²) in [6.07, 6.45) is 9.02. The van der Waals surface area contributed by atoms with Gasteiger partial charge in [-0.05, 0) is 72.8 Å². The molecule has 3 heteroatoms. The van der Waals surface area contributed by atoms with Crippen molar-refractivity contribution in [3.63, 3.8) is 0 Å². The molecule has 0 radical (unpaired) electrons. The molecule has 0 heterocycles. The molecule has 0 bridgehead atoms. The Morgan fingerprint density at radius 2 is 1.90 bits per heavy atom. The third-order valence-electron chi connectivity index (χ3n) is 8.53. The minimum atomic E-state index is -0.815. The summed E-state index contributed by atoms with van der Waals surface area (Å²) in [5.74, 6) is 1.67. The fourth-order valence-corrected chi connectivity index (χ4v) is 6.96. The van der Waals surface area contributed by atoms with E-state index >= 15 is 0 Å². The van der Waals surface area contributed by atoms with Crippen LogP contribution in [0.2, 0.25) is 0 Å². The Morgan fingerprint density at radius 1 is 1.10 bits per heavy atom. The van der Waals surface area contributed by atoms with Gasteiger partial charge in [-0.2, -0.15) is 0 Å². The summed E-state index contributed by atoms with van der Waals surface area (Å²) >= 11 is 0. The van der Waals surface area contributed by atoms with Crippen LogP contribution in [0.4, 0.5) is 0 Å². The number of ether oxygens (including phenoxy) is 1. The largest absolute Gasteiger partial charge is 0.508 e. The highest BCUT2D eigenvalue weighted by molar-refractivity contribution is 5.51. The van der Waals surface area contributed by atoms with Gasteiger partial charge in [-0.1, -0.05) is 55.5 Å². The average molecular weight is 405 g/mol. The highest BCUT2D eigenvalue weighted by Gasteiger charge is 2.63. The lowest BCUT2D eigenvalue weighted by Gasteiger charge is -2.55. The van der Waals surface area contributed by atoms with Crippen LogP contribution >= 0.6 is 0 Å². The summed E-state index contributed by atoms with van der Waals surface area (Å²) in [7, 11) is 1.81. The van der Waals surface area contributed by atoms with Crippen LogP contribution in [0.3, 0.4) is 0 Å². The number of aliphatic hydroxyl groups is 1. The number of rotatable bonds is 3. The molecule has 3 nitrogen and oxygen atoms in total. The second kappa shape index (κ2) is 7.25. The van der Waals surface area contributed by atoms with Gasteiger partial charge in [0.1, 0.15) is 5.75 Å². The smallest absolute Gasteiger partial charge is 0.115 e. The van der Waals surface area contributed by atoms with E-state index in [0.717, 1.165) is 37.7 Å². The number of hydrogen-bond donors (Lipinski definition) is 2. The van der Waals surface area contributed by atoms with Crippen molar-refractivity contribution in [3.05, 3.63) is 71.3 Å². The standard InChI is InChI=1S/C27H32O3/c1-26-17-24(30-2)25-21-11-9-20(28)16-19(21)8-10-22(25)23(26)13-15-27(26,29)14-12-18-6-4-3-5-7-18/h3-7,9,11-12,14,16,22-25,28-29H,8,10,13,15,17H2,1-2H3/b14-12+/t22?,23?,24?,25?,26?,27-/m0/s1. The Kier molecular flexibility index (Phi) is 4.79. The third-order valence-corrected chi connectivity index (χ3v) is 8.53. The minimum Gasteiger partial charge on any atom is -0.508 e. The van der Waals surface area contributed by atoms with E-state index < -0.39 is 5.60 Å². The first-order valence-electron chi connectivity index (χ1n) is 11.3. The van der Waals surface area contributed by atoms with Gasteiger partial charge in [0, 0.05) is 18.4 Å². The zero-order valence-electron chi connectivity index (χ0n) is 17.9. The quantitative estimate of drug-likeness (QED) is 0.728. The Hall–Kier alpha value is -2.10. The molecule has 2 aromatic carbocycles. The van der Waals surface area contributed by atoms with Crippen LogP contribution < -0.4 is 0 Å². The van der Waals surface area contributed by atoms with Gasteiger partial charge < -0.3 is 14.9 Å². The summed E-state index contributed by atoms with van der Waals surface area (Å²) in [6.45, 7) is 2.29. The molecule has 5 unspecified atom stereocenters. The summed E-state index contributed by atoms with van der Waals surface area (Å²) in [6, 6.07) is 16.1. The van der Waals surface area contributed by atoms with E-state index in [4.69, 9.17) is 4.74 Å². The van der Waals surface area contributed by atoms with Gasteiger partial charge in [-0.3, -0.25) is 0 Å². The molecule has 0 saturated heterocycles. The van der Waals surface area contributed by atoms with Gasteiger partial charge in [0.15, 0.2) is 0 Å². The molecular formula is C27H32O3. The van der Waals surface area contributed by atoms with E-state index in [9.17, 15) is 10.2 Å². The van der Waals surface area contributed by atoms with Crippen LogP contribution in [-0.4, -0.2) is 29.0 Å². The molecule has 2 aromatic rings. The number of benzene rings is 2. The molecule has 0 spiro atoms. The lowest BCUT2D eigenvalue weighted by atomic mass is 9.52. The van der Waals surface area contributed by atoms with Crippen LogP contribution in [0, 0.1) is 17.3 Å². The lowest BCUT2D eigenvalue weighted by molar-refractivity contribution is -0.120. The van der Waals surface area contributed by atoms with Crippen molar-refractivity contribution in [1.82, 2.24) is 0 Å². The van der Waals surface area contributed by atoms with Crippen molar-refractivity contribution in [2.24, 2.45) is 17.3 Å². The summed E-state index contributed by atoms with van der Waals surface area (Å²) < 4.78 is 6.08. The molecule has 2 saturated carbocycles. The Labute approximate surface area is 179 Å². The fraction of sp³-hybridized carbons (Fsp3) is 0.481. The van der Waals surface area contributed by atoms with Gasteiger partial charge >= 0.3 is 0 Å². The number of phenolic OH excluding ortho intramolecular Hbond substituents is 1. The number of phenols is 1. The van der Waals surface area contributed by atoms with Crippen molar-refractivity contribution < 1.29 is 14.9 Å². The van der Waals surface area contributed by atoms with Crippen LogP contribution in [0.25, 0.3) is 6.08 Å². The van der Waals surface area contributed by atoms with Crippen LogP contribution in [0.5, 0.6) is 5.75 Å². The molecule has 2 fully saturated rings. The maximum atomic E-state index is 11.9. The van der Waals surface area contributed by atoms with E-state index in [1.807, 2.05) is 37.4 Å². The highest BCUT2D eigenvalue weighted by Crippen LogP contribution is 2.65. The first-order valence-corrected chi connectivity index (χ1v) is 11.3. The molecule has 3 aliphatic rings. The fourth-order valence-electron chi connectivity index (χ4n) is 6.96. The van der Waals surface area contributed by atoms with Gasteiger partial charge in [0.25, 0.3) is 0 Å². The molecule has 30 heavy (non-hydrogen) atoms. The molecule has 0 aromatic heterocycles. The van der Waals surface area contributed by atoms with Crippen LogP contribution in [0.15, 0.2) is 54.6 Å². The lowest BCUT2D eigenvalue weighted by Crippen LogP contribution is -2.54. The van der Waals surface area contributed by atoms with E-state index in [0.29, 0.717) is 23.5 Å². The Bertz CT molecular complexity index is 952. The second-order valence-corrected chi connectivity index (χ2v) is 9.82. The third kappa shape index (κ3) is 2.94. The number of aryl methyl sites for hydroxylation is 1. The monoisotopic (exact) mass is 404 g/mol. The summed E-state index contributed by atoms with van der Waals surface area (Å²) in [5, 5.41) is 21.8. The van der Waals surface area contributed by atoms with E-state index in [2.05, 4.69) is 37.3 Å². The summed E-state index contributed by atoms with van der Waals surface area (Å²) in [4.78, 5) is 0. The Balaban J connectivity index is 1.50. The first-order chi connectivity index (χ1) is 14.4. The average Bonchev–Trinajstić information content (AvgIpc) is 3.03. The topological polar surface area (TPSA) is 49.7 Å². The van der Waals surface area contributed by atoms with Crippen LogP contribution in [-0.2, 0) is 11.2 Å². The molecule has 158 valence electrons. The molecule has 3 aliphatic carbocycles. The molecule has 6 atom stereocenters. The van der Waals surface area contributed by atoms with Crippen molar-refractivity contribution in [2.75, 3.05) is 7.11 Å². The van der Waals surface area contributed by atoms with Gasteiger partial charge in [-0.15, -0.1) is 0 Å². The maximum Gasteiger partial charge on any atom is 0.115 e. The predicted octanol–water partition coefficient (Wildman–Crippen LogP) is 5.32. The van der Waals surface area contributed by atoms with Gasteiger partial charge in [0.05, 0.1) is 11.7 Å². The molecule has 0 amide bonds. The normalized spacial score (nSPS) is 37.6. The molecule has 0 aliphatic heterocycles. The Morgan fingerprint density at radius 3 is 2.67 bits per heavy atom. The summed E-state index contributed by atoms with van der Waals surface area (Å²) in [5.41, 5.74) is 2.72. The van der Waals surface area contributed by atoms with Crippen molar-refractivity contribution in [3.8, 4) is 5.75 Å². The SMILES string of the molecule is COC1CC2(C)C(CC[C@@]2(O)/C=C/c2ccccc2)C2CCc3cc(O)ccc3C12. The predicted molar refractivity (Wildman–Crippen MR) is 119 cm³/mol.